The van der Waals surface area contributed by atoms with Crippen LogP contribution in [0, 0.1) is 5.41 Å². The first-order valence-corrected chi connectivity index (χ1v) is 5.26. The van der Waals surface area contributed by atoms with Crippen LogP contribution in [0.3, 0.4) is 0 Å². The average Bonchev–Trinajstić information content (AvgIpc) is 2.02. The molecule has 0 saturated carbocycles. The summed E-state index contributed by atoms with van der Waals surface area (Å²) < 4.78 is 5.10. The molecule has 0 radical (unpaired) electrons. The molecule has 0 fully saturated rings. The maximum Gasteiger partial charge on any atom is 0.305 e. The van der Waals surface area contributed by atoms with Crippen LogP contribution in [0.2, 0.25) is 0 Å². The molecule has 84 valence electrons. The zero-order valence-electron chi connectivity index (χ0n) is 9.85. The van der Waals surface area contributed by atoms with E-state index < -0.39 is 0 Å². The molecule has 3 nitrogen and oxygen atoms in total. The third-order valence-corrected chi connectivity index (χ3v) is 1.92. The summed E-state index contributed by atoms with van der Waals surface area (Å²) in [7, 11) is 1.88. The van der Waals surface area contributed by atoms with Crippen LogP contribution in [-0.4, -0.2) is 26.2 Å². The van der Waals surface area contributed by atoms with Gasteiger partial charge in [0.2, 0.25) is 0 Å². The van der Waals surface area contributed by atoms with E-state index in [4.69, 9.17) is 4.74 Å². The highest BCUT2D eigenvalue weighted by atomic mass is 16.5. The van der Waals surface area contributed by atoms with Crippen molar-refractivity contribution < 1.29 is 9.53 Å². The van der Waals surface area contributed by atoms with Gasteiger partial charge in [0.1, 0.15) is 0 Å². The monoisotopic (exact) mass is 201 g/mol. The van der Waals surface area contributed by atoms with Crippen molar-refractivity contribution in [3.05, 3.63) is 0 Å². The first-order valence-electron chi connectivity index (χ1n) is 5.26. The molecular weight excluding hydrogens is 178 g/mol. The van der Waals surface area contributed by atoms with Crippen molar-refractivity contribution in [2.75, 3.05) is 20.2 Å². The van der Waals surface area contributed by atoms with Crippen molar-refractivity contribution in [1.29, 1.82) is 0 Å². The van der Waals surface area contributed by atoms with E-state index in [0.29, 0.717) is 13.0 Å². The van der Waals surface area contributed by atoms with Gasteiger partial charge in [-0.1, -0.05) is 20.8 Å². The van der Waals surface area contributed by atoms with Gasteiger partial charge in [-0.15, -0.1) is 0 Å². The lowest BCUT2D eigenvalue weighted by atomic mass is 9.93. The summed E-state index contributed by atoms with van der Waals surface area (Å²) in [5, 5.41) is 3.00. The molecule has 3 heteroatoms. The number of ether oxygens (including phenoxy) is 1. The second-order valence-corrected chi connectivity index (χ2v) is 4.74. The molecule has 0 heterocycles. The summed E-state index contributed by atoms with van der Waals surface area (Å²) in [6, 6.07) is 0. The van der Waals surface area contributed by atoms with Gasteiger partial charge in [0.15, 0.2) is 0 Å². The molecule has 0 amide bonds. The fraction of sp³-hybridized carbons (Fsp3) is 0.909. The number of nitrogens with one attached hydrogen (secondary N) is 1. The second-order valence-electron chi connectivity index (χ2n) is 4.74. The zero-order chi connectivity index (χ0) is 11.0. The lowest BCUT2D eigenvalue weighted by Gasteiger charge is -2.17. The van der Waals surface area contributed by atoms with Gasteiger partial charge in [0.05, 0.1) is 6.61 Å². The summed E-state index contributed by atoms with van der Waals surface area (Å²) in [6.45, 7) is 7.84. The number of rotatable bonds is 6. The topological polar surface area (TPSA) is 38.3 Å². The van der Waals surface area contributed by atoms with Crippen LogP contribution in [0.5, 0.6) is 0 Å². The van der Waals surface area contributed by atoms with Crippen molar-refractivity contribution in [3.8, 4) is 0 Å². The number of carbonyl (C=O) groups excluding carboxylic acids is 1. The molecule has 0 bridgehead atoms. The van der Waals surface area contributed by atoms with Crippen LogP contribution < -0.4 is 5.32 Å². The molecule has 0 atom stereocenters. The Morgan fingerprint density at radius 1 is 1.36 bits per heavy atom. The van der Waals surface area contributed by atoms with Gasteiger partial charge in [-0.05, 0) is 31.8 Å². The molecule has 0 spiro atoms. The number of esters is 1. The Bertz CT molecular complexity index is 161. The first kappa shape index (κ1) is 13.4. The Morgan fingerprint density at radius 2 is 2.00 bits per heavy atom. The Balaban J connectivity index is 3.36. The molecule has 1 N–H and O–H groups in total. The van der Waals surface area contributed by atoms with Gasteiger partial charge in [-0.25, -0.2) is 0 Å². The van der Waals surface area contributed by atoms with Crippen LogP contribution in [0.1, 0.15) is 40.0 Å². The lowest BCUT2D eigenvalue weighted by molar-refractivity contribution is -0.144. The van der Waals surface area contributed by atoms with Crippen LogP contribution in [-0.2, 0) is 9.53 Å². The summed E-state index contributed by atoms with van der Waals surface area (Å²) >= 11 is 0. The molecule has 0 rings (SSSR count). The van der Waals surface area contributed by atoms with Crippen LogP contribution in [0.25, 0.3) is 0 Å². The highest BCUT2D eigenvalue weighted by Gasteiger charge is 2.11. The second kappa shape index (κ2) is 6.82. The van der Waals surface area contributed by atoms with E-state index in [9.17, 15) is 4.79 Å². The van der Waals surface area contributed by atoms with Gasteiger partial charge >= 0.3 is 5.97 Å². The lowest BCUT2D eigenvalue weighted by Crippen LogP contribution is -2.15. The summed E-state index contributed by atoms with van der Waals surface area (Å²) in [5.74, 6) is -0.0792. The first-order chi connectivity index (χ1) is 6.45. The Morgan fingerprint density at radius 3 is 2.50 bits per heavy atom. The van der Waals surface area contributed by atoms with Gasteiger partial charge in [0.25, 0.3) is 0 Å². The van der Waals surface area contributed by atoms with Crippen LogP contribution in [0.15, 0.2) is 0 Å². The third-order valence-electron chi connectivity index (χ3n) is 1.92. The minimum absolute atomic E-state index is 0.0792. The Labute approximate surface area is 87.2 Å². The molecule has 0 aliphatic carbocycles. The molecule has 0 aromatic heterocycles. The minimum Gasteiger partial charge on any atom is -0.466 e. The zero-order valence-corrected chi connectivity index (χ0v) is 9.85. The molecular formula is C11H23NO2. The minimum atomic E-state index is -0.0792. The standard InChI is InChI=1S/C11H23NO2/c1-11(2,3)7-9-14-10(13)6-5-8-12-4/h12H,5-9H2,1-4H3. The predicted molar refractivity (Wildman–Crippen MR) is 58.2 cm³/mol. The molecule has 0 aliphatic rings. The van der Waals surface area contributed by atoms with E-state index in [1.807, 2.05) is 7.05 Å². The Hall–Kier alpha value is -0.570. The number of carbonyl (C=O) groups is 1. The SMILES string of the molecule is CNCCCC(=O)OCCC(C)(C)C. The van der Waals surface area contributed by atoms with Crippen LogP contribution >= 0.6 is 0 Å². The molecule has 0 aliphatic heterocycles. The van der Waals surface area contributed by atoms with E-state index in [1.165, 1.54) is 0 Å². The summed E-state index contributed by atoms with van der Waals surface area (Å²) in [5.41, 5.74) is 0.241. The normalized spacial score (nSPS) is 11.4. The van der Waals surface area contributed by atoms with E-state index in [-0.39, 0.29) is 11.4 Å². The Kier molecular flexibility index (Phi) is 6.54. The predicted octanol–water partition coefficient (Wildman–Crippen LogP) is 1.97. The van der Waals surface area contributed by atoms with Gasteiger partial charge in [0, 0.05) is 6.42 Å². The van der Waals surface area contributed by atoms with Gasteiger partial charge in [-0.3, -0.25) is 4.79 Å². The largest absolute Gasteiger partial charge is 0.466 e. The molecule has 0 unspecified atom stereocenters. The molecule has 0 saturated heterocycles. The summed E-state index contributed by atoms with van der Waals surface area (Å²) in [4.78, 5) is 11.2. The average molecular weight is 201 g/mol. The highest BCUT2D eigenvalue weighted by Crippen LogP contribution is 2.17. The molecule has 14 heavy (non-hydrogen) atoms. The summed E-state index contributed by atoms with van der Waals surface area (Å²) in [6.07, 6.45) is 2.29. The fourth-order valence-electron chi connectivity index (χ4n) is 0.953. The van der Waals surface area contributed by atoms with Crippen molar-refractivity contribution in [3.63, 3.8) is 0 Å². The van der Waals surface area contributed by atoms with E-state index >= 15 is 0 Å². The van der Waals surface area contributed by atoms with E-state index in [0.717, 1.165) is 19.4 Å². The van der Waals surface area contributed by atoms with Crippen molar-refractivity contribution in [1.82, 2.24) is 5.32 Å². The van der Waals surface area contributed by atoms with E-state index in [1.54, 1.807) is 0 Å². The van der Waals surface area contributed by atoms with Crippen molar-refractivity contribution >= 4 is 5.97 Å². The van der Waals surface area contributed by atoms with E-state index in [2.05, 4.69) is 26.1 Å². The van der Waals surface area contributed by atoms with Gasteiger partial charge in [-0.2, -0.15) is 0 Å². The maximum absolute atomic E-state index is 11.2. The molecule has 0 aromatic rings. The third kappa shape index (κ3) is 9.52. The number of hydrogen-bond acceptors (Lipinski definition) is 3. The maximum atomic E-state index is 11.2. The quantitative estimate of drug-likeness (QED) is 0.527. The smallest absolute Gasteiger partial charge is 0.305 e. The van der Waals surface area contributed by atoms with Crippen molar-refractivity contribution in [2.24, 2.45) is 5.41 Å². The van der Waals surface area contributed by atoms with Crippen LogP contribution in [0.4, 0.5) is 0 Å². The number of hydrogen-bond donors (Lipinski definition) is 1. The fourth-order valence-corrected chi connectivity index (χ4v) is 0.953. The highest BCUT2D eigenvalue weighted by molar-refractivity contribution is 5.69. The molecule has 0 aromatic carbocycles. The van der Waals surface area contributed by atoms with Gasteiger partial charge < -0.3 is 10.1 Å². The van der Waals surface area contributed by atoms with Crippen molar-refractivity contribution in [2.45, 2.75) is 40.0 Å².